The van der Waals surface area contributed by atoms with Gasteiger partial charge in [0.1, 0.15) is 5.75 Å². The number of carbonyl (C=O) groups is 1. The lowest BCUT2D eigenvalue weighted by molar-refractivity contribution is -0.127. The first-order valence-corrected chi connectivity index (χ1v) is 7.44. The minimum atomic E-state index is -0.629. The van der Waals surface area contributed by atoms with Crippen LogP contribution in [-0.4, -0.2) is 18.1 Å². The standard InChI is InChI=1S/C14H18Cl2N2O2/c1-8(14(19)18-9-4-2-3-5-9)20-13-7-11(16)10(15)6-12(13)17/h6-9H,2-5,17H2,1H3,(H,18,19). The molecule has 1 aromatic carbocycles. The normalized spacial score (nSPS) is 16.9. The van der Waals surface area contributed by atoms with Crippen molar-refractivity contribution in [2.45, 2.75) is 44.8 Å². The molecule has 1 aromatic rings. The molecule has 1 unspecified atom stereocenters. The number of hydrogen-bond donors (Lipinski definition) is 2. The molecule has 0 bridgehead atoms. The minimum absolute atomic E-state index is 0.137. The average Bonchev–Trinajstić information content (AvgIpc) is 2.88. The van der Waals surface area contributed by atoms with Crippen molar-refractivity contribution in [2.75, 3.05) is 5.73 Å². The predicted octanol–water partition coefficient (Wildman–Crippen LogP) is 3.40. The van der Waals surface area contributed by atoms with Crippen LogP contribution in [0.3, 0.4) is 0 Å². The zero-order valence-electron chi connectivity index (χ0n) is 11.3. The molecule has 4 nitrogen and oxygen atoms in total. The summed E-state index contributed by atoms with van der Waals surface area (Å²) in [4.78, 5) is 12.0. The third kappa shape index (κ3) is 3.70. The highest BCUT2D eigenvalue weighted by atomic mass is 35.5. The van der Waals surface area contributed by atoms with E-state index in [1.54, 1.807) is 6.92 Å². The maximum Gasteiger partial charge on any atom is 0.260 e. The van der Waals surface area contributed by atoms with Gasteiger partial charge in [-0.2, -0.15) is 0 Å². The van der Waals surface area contributed by atoms with Crippen molar-refractivity contribution in [3.63, 3.8) is 0 Å². The van der Waals surface area contributed by atoms with Crippen LogP contribution in [0.5, 0.6) is 5.75 Å². The molecule has 2 rings (SSSR count). The molecule has 20 heavy (non-hydrogen) atoms. The topological polar surface area (TPSA) is 64.3 Å². The Hall–Kier alpha value is -1.13. The fraction of sp³-hybridized carbons (Fsp3) is 0.500. The summed E-state index contributed by atoms with van der Waals surface area (Å²) in [6.07, 6.45) is 3.77. The van der Waals surface area contributed by atoms with Crippen molar-refractivity contribution in [3.05, 3.63) is 22.2 Å². The maximum absolute atomic E-state index is 12.0. The summed E-state index contributed by atoms with van der Waals surface area (Å²) in [5.41, 5.74) is 6.16. The summed E-state index contributed by atoms with van der Waals surface area (Å²) < 4.78 is 5.57. The number of anilines is 1. The minimum Gasteiger partial charge on any atom is -0.479 e. The number of rotatable bonds is 4. The molecule has 0 radical (unpaired) electrons. The molecule has 0 saturated heterocycles. The molecule has 0 aliphatic heterocycles. The monoisotopic (exact) mass is 316 g/mol. The van der Waals surface area contributed by atoms with Crippen LogP contribution in [0.15, 0.2) is 12.1 Å². The summed E-state index contributed by atoms with van der Waals surface area (Å²) >= 11 is 11.8. The van der Waals surface area contributed by atoms with Gasteiger partial charge in [0, 0.05) is 12.1 Å². The summed E-state index contributed by atoms with van der Waals surface area (Å²) in [5, 5.41) is 3.69. The van der Waals surface area contributed by atoms with Gasteiger partial charge < -0.3 is 15.8 Å². The smallest absolute Gasteiger partial charge is 0.260 e. The van der Waals surface area contributed by atoms with E-state index in [1.165, 1.54) is 25.0 Å². The third-order valence-corrected chi connectivity index (χ3v) is 4.15. The van der Waals surface area contributed by atoms with E-state index in [-0.39, 0.29) is 11.9 Å². The Morgan fingerprint density at radius 1 is 1.35 bits per heavy atom. The van der Waals surface area contributed by atoms with Crippen molar-refractivity contribution in [1.82, 2.24) is 5.32 Å². The van der Waals surface area contributed by atoms with Crippen molar-refractivity contribution in [3.8, 4) is 5.75 Å². The van der Waals surface area contributed by atoms with E-state index >= 15 is 0 Å². The first-order chi connectivity index (χ1) is 9.47. The van der Waals surface area contributed by atoms with Gasteiger partial charge in [-0.1, -0.05) is 36.0 Å². The Morgan fingerprint density at radius 2 is 1.95 bits per heavy atom. The fourth-order valence-corrected chi connectivity index (χ4v) is 2.60. The predicted molar refractivity (Wildman–Crippen MR) is 81.4 cm³/mol. The van der Waals surface area contributed by atoms with Crippen LogP contribution in [-0.2, 0) is 4.79 Å². The number of nitrogen functional groups attached to an aromatic ring is 1. The van der Waals surface area contributed by atoms with Crippen molar-refractivity contribution < 1.29 is 9.53 Å². The molecule has 3 N–H and O–H groups in total. The highest BCUT2D eigenvalue weighted by molar-refractivity contribution is 6.42. The molecule has 0 spiro atoms. The van der Waals surface area contributed by atoms with E-state index in [4.69, 9.17) is 33.7 Å². The zero-order chi connectivity index (χ0) is 14.7. The summed E-state index contributed by atoms with van der Waals surface area (Å²) in [7, 11) is 0. The van der Waals surface area contributed by atoms with E-state index in [9.17, 15) is 4.79 Å². The van der Waals surface area contributed by atoms with Crippen molar-refractivity contribution in [2.24, 2.45) is 0 Å². The SMILES string of the molecule is CC(Oc1cc(Cl)c(Cl)cc1N)C(=O)NC1CCCC1. The second-order valence-corrected chi connectivity index (χ2v) is 5.87. The van der Waals surface area contributed by atoms with Gasteiger partial charge in [0.2, 0.25) is 0 Å². The van der Waals surface area contributed by atoms with Gasteiger partial charge >= 0.3 is 0 Å². The highest BCUT2D eigenvalue weighted by Gasteiger charge is 2.22. The quantitative estimate of drug-likeness (QED) is 0.837. The first-order valence-electron chi connectivity index (χ1n) is 6.69. The molecule has 0 heterocycles. The van der Waals surface area contributed by atoms with Gasteiger partial charge in [0.05, 0.1) is 15.7 Å². The molecule has 1 aliphatic carbocycles. The molecule has 6 heteroatoms. The molecule has 1 atom stereocenters. The number of nitrogens with two attached hydrogens (primary N) is 1. The Morgan fingerprint density at radius 3 is 2.60 bits per heavy atom. The lowest BCUT2D eigenvalue weighted by Crippen LogP contribution is -2.41. The van der Waals surface area contributed by atoms with E-state index < -0.39 is 6.10 Å². The van der Waals surface area contributed by atoms with E-state index in [0.29, 0.717) is 21.5 Å². The number of hydrogen-bond acceptors (Lipinski definition) is 3. The third-order valence-electron chi connectivity index (χ3n) is 3.43. The molecule has 110 valence electrons. The molecule has 1 saturated carbocycles. The average molecular weight is 317 g/mol. The van der Waals surface area contributed by atoms with E-state index in [0.717, 1.165) is 12.8 Å². The second-order valence-electron chi connectivity index (χ2n) is 5.05. The second kappa shape index (κ2) is 6.55. The van der Waals surface area contributed by atoms with Gasteiger partial charge in [-0.15, -0.1) is 0 Å². The van der Waals surface area contributed by atoms with E-state index in [2.05, 4.69) is 5.32 Å². The molecule has 1 amide bonds. The number of halogens is 2. The Bertz CT molecular complexity index is 502. The van der Waals surface area contributed by atoms with Gasteiger partial charge in [-0.05, 0) is 25.8 Å². The number of ether oxygens (including phenoxy) is 1. The van der Waals surface area contributed by atoms with Gasteiger partial charge in [-0.25, -0.2) is 0 Å². The van der Waals surface area contributed by atoms with Crippen LogP contribution >= 0.6 is 23.2 Å². The molecular formula is C14H18Cl2N2O2. The maximum atomic E-state index is 12.0. The van der Waals surface area contributed by atoms with Crippen LogP contribution < -0.4 is 15.8 Å². The highest BCUT2D eigenvalue weighted by Crippen LogP contribution is 2.32. The van der Waals surface area contributed by atoms with Crippen LogP contribution in [0, 0.1) is 0 Å². The van der Waals surface area contributed by atoms with Gasteiger partial charge in [0.25, 0.3) is 5.91 Å². The largest absolute Gasteiger partial charge is 0.479 e. The van der Waals surface area contributed by atoms with Crippen LogP contribution in [0.4, 0.5) is 5.69 Å². The summed E-state index contributed by atoms with van der Waals surface area (Å²) in [6, 6.07) is 3.30. The first kappa shape index (κ1) is 15.3. The summed E-state index contributed by atoms with van der Waals surface area (Å²) in [5.74, 6) is 0.232. The number of carbonyl (C=O) groups excluding carboxylic acids is 1. The van der Waals surface area contributed by atoms with Crippen molar-refractivity contribution in [1.29, 1.82) is 0 Å². The van der Waals surface area contributed by atoms with Crippen LogP contribution in [0.1, 0.15) is 32.6 Å². The fourth-order valence-electron chi connectivity index (χ4n) is 2.28. The Balaban J connectivity index is 1.98. The van der Waals surface area contributed by atoms with Crippen LogP contribution in [0.25, 0.3) is 0 Å². The van der Waals surface area contributed by atoms with Gasteiger partial charge in [-0.3, -0.25) is 4.79 Å². The van der Waals surface area contributed by atoms with E-state index in [1.807, 2.05) is 0 Å². The zero-order valence-corrected chi connectivity index (χ0v) is 12.8. The molecule has 0 aromatic heterocycles. The summed E-state index contributed by atoms with van der Waals surface area (Å²) in [6.45, 7) is 1.69. The van der Waals surface area contributed by atoms with Crippen LogP contribution in [0.2, 0.25) is 10.0 Å². The molecule has 1 aliphatic rings. The lowest BCUT2D eigenvalue weighted by Gasteiger charge is -2.19. The molecule has 1 fully saturated rings. The Labute approximate surface area is 128 Å². The lowest BCUT2D eigenvalue weighted by atomic mass is 10.2. The number of benzene rings is 1. The number of nitrogens with one attached hydrogen (secondary N) is 1. The van der Waals surface area contributed by atoms with Crippen molar-refractivity contribution >= 4 is 34.8 Å². The Kier molecular flexibility index (Phi) is 5.00. The molecular weight excluding hydrogens is 299 g/mol. The van der Waals surface area contributed by atoms with Gasteiger partial charge in [0.15, 0.2) is 6.10 Å². The number of amides is 1.